The van der Waals surface area contributed by atoms with Crippen LogP contribution in [0.15, 0.2) is 24.3 Å². The summed E-state index contributed by atoms with van der Waals surface area (Å²) in [5, 5.41) is 3.56. The summed E-state index contributed by atoms with van der Waals surface area (Å²) >= 11 is 0. The van der Waals surface area contributed by atoms with Crippen molar-refractivity contribution in [3.63, 3.8) is 0 Å². The minimum Gasteiger partial charge on any atom is -0.382 e. The molecule has 3 N–H and O–H groups in total. The Morgan fingerprint density at radius 1 is 1.35 bits per heavy atom. The van der Waals surface area contributed by atoms with Gasteiger partial charge in [0.25, 0.3) is 0 Å². The second-order valence-corrected chi connectivity index (χ2v) is 4.89. The van der Waals surface area contributed by atoms with Gasteiger partial charge in [0.05, 0.1) is 12.1 Å². The van der Waals surface area contributed by atoms with Gasteiger partial charge < -0.3 is 15.8 Å². The van der Waals surface area contributed by atoms with E-state index >= 15 is 0 Å². The number of rotatable bonds is 6. The maximum atomic E-state index is 5.95. The lowest BCUT2D eigenvalue weighted by atomic mass is 9.86. The second kappa shape index (κ2) is 6.03. The second-order valence-electron chi connectivity index (χ2n) is 4.89. The Bertz CT molecular complexity index is 352. The van der Waals surface area contributed by atoms with Gasteiger partial charge in [-0.3, -0.25) is 0 Å². The Hall–Kier alpha value is -1.06. The molecule has 0 saturated heterocycles. The molecule has 1 aromatic rings. The van der Waals surface area contributed by atoms with Gasteiger partial charge in [-0.05, 0) is 24.5 Å². The van der Waals surface area contributed by atoms with E-state index in [0.29, 0.717) is 19.1 Å². The van der Waals surface area contributed by atoms with Crippen LogP contribution in [0.1, 0.15) is 19.4 Å². The van der Waals surface area contributed by atoms with Crippen LogP contribution in [0.2, 0.25) is 0 Å². The number of ether oxygens (including phenoxy) is 1. The molecule has 0 aliphatic carbocycles. The molecule has 0 aliphatic rings. The third-order valence-corrected chi connectivity index (χ3v) is 3.40. The molecule has 1 unspecified atom stereocenters. The quantitative estimate of drug-likeness (QED) is 0.797. The number of para-hydroxylation sites is 1. The fourth-order valence-electron chi connectivity index (χ4n) is 1.93. The zero-order valence-electron chi connectivity index (χ0n) is 11.3. The minimum atomic E-state index is -0.207. The summed E-state index contributed by atoms with van der Waals surface area (Å²) in [5.41, 5.74) is 8.10. The van der Waals surface area contributed by atoms with E-state index in [1.54, 1.807) is 7.11 Å². The maximum absolute atomic E-state index is 5.95. The first-order valence-corrected chi connectivity index (χ1v) is 6.08. The van der Waals surface area contributed by atoms with E-state index in [1.165, 1.54) is 5.56 Å². The summed E-state index contributed by atoms with van der Waals surface area (Å²) < 4.78 is 5.33. The molecule has 0 spiro atoms. The molecular formula is C14H24N2O. The SMILES string of the molecule is COCC(CN)(Nc1ccccc1C)C(C)C. The van der Waals surface area contributed by atoms with E-state index in [1.807, 2.05) is 12.1 Å². The van der Waals surface area contributed by atoms with E-state index in [2.05, 4.69) is 38.2 Å². The number of hydrogen-bond donors (Lipinski definition) is 2. The number of hydrogen-bond acceptors (Lipinski definition) is 3. The predicted molar refractivity (Wildman–Crippen MR) is 73.3 cm³/mol. The highest BCUT2D eigenvalue weighted by molar-refractivity contribution is 5.52. The van der Waals surface area contributed by atoms with Gasteiger partial charge in [0.15, 0.2) is 0 Å². The lowest BCUT2D eigenvalue weighted by Crippen LogP contribution is -2.53. The van der Waals surface area contributed by atoms with Gasteiger partial charge in [-0.25, -0.2) is 0 Å². The van der Waals surface area contributed by atoms with Crippen LogP contribution in [0.5, 0.6) is 0 Å². The first kappa shape index (κ1) is 14.0. The summed E-state index contributed by atoms with van der Waals surface area (Å²) in [4.78, 5) is 0. The topological polar surface area (TPSA) is 47.3 Å². The Balaban J connectivity index is 2.97. The van der Waals surface area contributed by atoms with Gasteiger partial charge in [0.2, 0.25) is 0 Å². The van der Waals surface area contributed by atoms with Crippen molar-refractivity contribution < 1.29 is 4.74 Å². The van der Waals surface area contributed by atoms with Gasteiger partial charge >= 0.3 is 0 Å². The highest BCUT2D eigenvalue weighted by Crippen LogP contribution is 2.25. The summed E-state index contributed by atoms with van der Waals surface area (Å²) in [7, 11) is 1.71. The Morgan fingerprint density at radius 2 is 2.00 bits per heavy atom. The van der Waals surface area contributed by atoms with Gasteiger partial charge in [0.1, 0.15) is 0 Å². The molecule has 0 heterocycles. The average Bonchev–Trinajstić information content (AvgIpc) is 2.31. The first-order chi connectivity index (χ1) is 8.05. The molecule has 3 nitrogen and oxygen atoms in total. The average molecular weight is 236 g/mol. The van der Waals surface area contributed by atoms with Crippen molar-refractivity contribution in [1.29, 1.82) is 0 Å². The molecule has 1 rings (SSSR count). The lowest BCUT2D eigenvalue weighted by molar-refractivity contribution is 0.121. The number of benzene rings is 1. The molecule has 0 bridgehead atoms. The Kier molecular flexibility index (Phi) is 4.97. The standard InChI is InChI=1S/C14H24N2O/c1-11(2)14(9-15,10-17-4)16-13-8-6-5-7-12(13)3/h5-8,11,16H,9-10,15H2,1-4H3. The van der Waals surface area contributed by atoms with Gasteiger partial charge in [-0.1, -0.05) is 32.0 Å². The van der Waals surface area contributed by atoms with Crippen LogP contribution >= 0.6 is 0 Å². The van der Waals surface area contributed by atoms with Crippen molar-refractivity contribution in [3.8, 4) is 0 Å². The van der Waals surface area contributed by atoms with Crippen LogP contribution in [-0.4, -0.2) is 25.8 Å². The highest BCUT2D eigenvalue weighted by atomic mass is 16.5. The van der Waals surface area contributed by atoms with Crippen molar-refractivity contribution in [2.75, 3.05) is 25.6 Å². The van der Waals surface area contributed by atoms with E-state index in [9.17, 15) is 0 Å². The number of nitrogens with one attached hydrogen (secondary N) is 1. The van der Waals surface area contributed by atoms with Crippen molar-refractivity contribution in [2.24, 2.45) is 11.7 Å². The van der Waals surface area contributed by atoms with E-state index in [-0.39, 0.29) is 5.54 Å². The van der Waals surface area contributed by atoms with Crippen LogP contribution < -0.4 is 11.1 Å². The molecule has 0 fully saturated rings. The van der Waals surface area contributed by atoms with Gasteiger partial charge in [-0.15, -0.1) is 0 Å². The molecule has 1 atom stereocenters. The zero-order valence-corrected chi connectivity index (χ0v) is 11.3. The van der Waals surface area contributed by atoms with Gasteiger partial charge in [-0.2, -0.15) is 0 Å². The van der Waals surface area contributed by atoms with E-state index in [0.717, 1.165) is 5.69 Å². The number of aryl methyl sites for hydroxylation is 1. The molecule has 0 aliphatic heterocycles. The maximum Gasteiger partial charge on any atom is 0.0751 e. The van der Waals surface area contributed by atoms with Crippen LogP contribution in [0.4, 0.5) is 5.69 Å². The Morgan fingerprint density at radius 3 is 2.47 bits per heavy atom. The largest absolute Gasteiger partial charge is 0.382 e. The fraction of sp³-hybridized carbons (Fsp3) is 0.571. The number of methoxy groups -OCH3 is 1. The fourth-order valence-corrected chi connectivity index (χ4v) is 1.93. The highest BCUT2D eigenvalue weighted by Gasteiger charge is 2.32. The molecule has 1 aromatic carbocycles. The predicted octanol–water partition coefficient (Wildman–Crippen LogP) is 2.41. The molecular weight excluding hydrogens is 212 g/mol. The molecule has 96 valence electrons. The zero-order chi connectivity index (χ0) is 12.9. The smallest absolute Gasteiger partial charge is 0.0751 e. The van der Waals surface area contributed by atoms with E-state index < -0.39 is 0 Å². The Labute approximate surface area is 104 Å². The van der Waals surface area contributed by atoms with Crippen molar-refractivity contribution in [3.05, 3.63) is 29.8 Å². The van der Waals surface area contributed by atoms with Crippen LogP contribution in [0.25, 0.3) is 0 Å². The third kappa shape index (κ3) is 3.20. The summed E-state index contributed by atoms with van der Waals surface area (Å²) in [5.74, 6) is 0.395. The molecule has 0 radical (unpaired) electrons. The monoisotopic (exact) mass is 236 g/mol. The lowest BCUT2D eigenvalue weighted by Gasteiger charge is -2.38. The normalized spacial score (nSPS) is 14.7. The first-order valence-electron chi connectivity index (χ1n) is 6.08. The van der Waals surface area contributed by atoms with Crippen molar-refractivity contribution >= 4 is 5.69 Å². The van der Waals surface area contributed by atoms with Crippen LogP contribution in [0, 0.1) is 12.8 Å². The summed E-state index contributed by atoms with van der Waals surface area (Å²) in [6.45, 7) is 7.58. The van der Waals surface area contributed by atoms with Crippen LogP contribution in [-0.2, 0) is 4.74 Å². The number of anilines is 1. The number of nitrogens with two attached hydrogens (primary N) is 1. The molecule has 0 saturated carbocycles. The van der Waals surface area contributed by atoms with Gasteiger partial charge in [0, 0.05) is 19.3 Å². The summed E-state index contributed by atoms with van der Waals surface area (Å²) in [6, 6.07) is 8.24. The van der Waals surface area contributed by atoms with Crippen LogP contribution in [0.3, 0.4) is 0 Å². The van der Waals surface area contributed by atoms with Crippen molar-refractivity contribution in [2.45, 2.75) is 26.3 Å². The molecule has 0 amide bonds. The molecule has 17 heavy (non-hydrogen) atoms. The minimum absolute atomic E-state index is 0.207. The van der Waals surface area contributed by atoms with Crippen molar-refractivity contribution in [1.82, 2.24) is 0 Å². The van der Waals surface area contributed by atoms with E-state index in [4.69, 9.17) is 10.5 Å². The molecule has 3 heteroatoms. The summed E-state index contributed by atoms with van der Waals surface area (Å²) in [6.07, 6.45) is 0. The third-order valence-electron chi connectivity index (χ3n) is 3.40. The molecule has 0 aromatic heterocycles.